The standard InChI is InChI=1S/C19H22FN3O7/c1-27-16(24)9-15(18(25)28-2)30-22-17(21)14-8-13(20)10-23(14)19(26)29-11-12-6-4-3-5-7-12/h3-7,9,13-14H,8,10-11H2,1-2H3,(H2,21,22)/t13-,14-/m0/s1. The second-order valence-corrected chi connectivity index (χ2v) is 6.17. The molecule has 2 rings (SSSR count). The number of rotatable bonds is 7. The lowest BCUT2D eigenvalue weighted by Gasteiger charge is -2.22. The topological polar surface area (TPSA) is 130 Å². The van der Waals surface area contributed by atoms with Gasteiger partial charge in [0.15, 0.2) is 5.84 Å². The maximum atomic E-state index is 14.0. The summed E-state index contributed by atoms with van der Waals surface area (Å²) in [5.41, 5.74) is 6.61. The molecular weight excluding hydrogens is 401 g/mol. The number of amidine groups is 1. The molecule has 1 aromatic rings. The summed E-state index contributed by atoms with van der Waals surface area (Å²) >= 11 is 0. The van der Waals surface area contributed by atoms with Crippen LogP contribution in [0.4, 0.5) is 9.18 Å². The molecule has 162 valence electrons. The average molecular weight is 423 g/mol. The number of esters is 2. The summed E-state index contributed by atoms with van der Waals surface area (Å²) in [6.45, 7) is -0.238. The van der Waals surface area contributed by atoms with Crippen molar-refractivity contribution < 1.29 is 37.8 Å². The number of amides is 1. The molecule has 1 amide bonds. The number of carbonyl (C=O) groups is 3. The van der Waals surface area contributed by atoms with Gasteiger partial charge in [-0.2, -0.15) is 0 Å². The molecule has 1 fully saturated rings. The van der Waals surface area contributed by atoms with E-state index in [1.165, 1.54) is 0 Å². The van der Waals surface area contributed by atoms with Crippen LogP contribution in [0.5, 0.6) is 0 Å². The minimum atomic E-state index is -1.35. The van der Waals surface area contributed by atoms with E-state index in [0.717, 1.165) is 24.7 Å². The largest absolute Gasteiger partial charge is 0.466 e. The van der Waals surface area contributed by atoms with Gasteiger partial charge in [0.05, 0.1) is 32.9 Å². The highest BCUT2D eigenvalue weighted by atomic mass is 19.1. The van der Waals surface area contributed by atoms with E-state index in [4.69, 9.17) is 15.3 Å². The first kappa shape index (κ1) is 22.7. The molecular formula is C19H22FN3O7. The van der Waals surface area contributed by atoms with Crippen LogP contribution in [0.3, 0.4) is 0 Å². The van der Waals surface area contributed by atoms with Gasteiger partial charge in [0.25, 0.3) is 0 Å². The van der Waals surface area contributed by atoms with Gasteiger partial charge < -0.3 is 24.8 Å². The molecule has 0 aromatic heterocycles. The van der Waals surface area contributed by atoms with Gasteiger partial charge in [-0.3, -0.25) is 4.90 Å². The van der Waals surface area contributed by atoms with E-state index < -0.39 is 36.0 Å². The highest BCUT2D eigenvalue weighted by Crippen LogP contribution is 2.22. The Morgan fingerprint density at radius 3 is 2.57 bits per heavy atom. The van der Waals surface area contributed by atoms with Crippen molar-refractivity contribution in [2.75, 3.05) is 20.8 Å². The number of alkyl halides is 1. The van der Waals surface area contributed by atoms with Crippen LogP contribution in [0.1, 0.15) is 12.0 Å². The first-order valence-electron chi connectivity index (χ1n) is 8.85. The Labute approximate surface area is 172 Å². The van der Waals surface area contributed by atoms with Gasteiger partial charge in [0.1, 0.15) is 12.8 Å². The monoisotopic (exact) mass is 423 g/mol. The van der Waals surface area contributed by atoms with Crippen molar-refractivity contribution in [3.8, 4) is 0 Å². The molecule has 30 heavy (non-hydrogen) atoms. The van der Waals surface area contributed by atoms with Crippen molar-refractivity contribution in [2.24, 2.45) is 10.9 Å². The summed E-state index contributed by atoms with van der Waals surface area (Å²) in [7, 11) is 2.17. The fraction of sp³-hybridized carbons (Fsp3) is 0.368. The van der Waals surface area contributed by atoms with Crippen molar-refractivity contribution in [1.29, 1.82) is 0 Å². The van der Waals surface area contributed by atoms with Gasteiger partial charge >= 0.3 is 18.0 Å². The summed E-state index contributed by atoms with van der Waals surface area (Å²) in [6.07, 6.45) is -1.55. The summed E-state index contributed by atoms with van der Waals surface area (Å²) in [5.74, 6) is -2.78. The van der Waals surface area contributed by atoms with Crippen LogP contribution < -0.4 is 5.73 Å². The molecule has 10 nitrogen and oxygen atoms in total. The number of likely N-dealkylation sites (tertiary alicyclic amines) is 1. The second kappa shape index (κ2) is 10.8. The Morgan fingerprint density at radius 2 is 1.93 bits per heavy atom. The number of ether oxygens (including phenoxy) is 3. The normalized spacial score (nSPS) is 19.2. The van der Waals surface area contributed by atoms with E-state index in [1.54, 1.807) is 24.3 Å². The SMILES string of the molecule is COC(=O)C=C(O/N=C(\N)[C@@H]1C[C@H](F)CN1C(=O)OCc1ccccc1)C(=O)OC. The number of halogens is 1. The number of hydrogen-bond donors (Lipinski definition) is 1. The molecule has 0 spiro atoms. The summed E-state index contributed by atoms with van der Waals surface area (Å²) < 4.78 is 28.0. The van der Waals surface area contributed by atoms with Gasteiger partial charge in [0.2, 0.25) is 5.76 Å². The Balaban J connectivity index is 2.08. The van der Waals surface area contributed by atoms with Crippen molar-refractivity contribution in [1.82, 2.24) is 4.90 Å². The molecule has 0 aliphatic carbocycles. The molecule has 1 aromatic carbocycles. The Morgan fingerprint density at radius 1 is 1.23 bits per heavy atom. The van der Waals surface area contributed by atoms with Crippen LogP contribution in [0.25, 0.3) is 0 Å². The maximum Gasteiger partial charge on any atom is 0.410 e. The number of oxime groups is 1. The molecule has 0 unspecified atom stereocenters. The molecule has 11 heteroatoms. The molecule has 1 heterocycles. The number of carbonyl (C=O) groups excluding carboxylic acids is 3. The van der Waals surface area contributed by atoms with Crippen molar-refractivity contribution in [2.45, 2.75) is 25.2 Å². The fourth-order valence-corrected chi connectivity index (χ4v) is 2.62. The van der Waals surface area contributed by atoms with Crippen LogP contribution in [-0.4, -0.2) is 61.7 Å². The van der Waals surface area contributed by atoms with Crippen LogP contribution in [0.15, 0.2) is 47.3 Å². The molecule has 1 aliphatic heterocycles. The first-order chi connectivity index (χ1) is 14.3. The highest BCUT2D eigenvalue weighted by Gasteiger charge is 2.39. The summed E-state index contributed by atoms with van der Waals surface area (Å²) in [5, 5.41) is 3.55. The molecule has 1 aliphatic rings. The van der Waals surface area contributed by atoms with Crippen LogP contribution >= 0.6 is 0 Å². The molecule has 0 saturated carbocycles. The number of methoxy groups -OCH3 is 2. The summed E-state index contributed by atoms with van der Waals surface area (Å²) in [6, 6.07) is 8.01. The van der Waals surface area contributed by atoms with Gasteiger partial charge in [0, 0.05) is 6.42 Å². The van der Waals surface area contributed by atoms with Crippen LogP contribution in [0.2, 0.25) is 0 Å². The maximum absolute atomic E-state index is 14.0. The molecule has 0 radical (unpaired) electrons. The van der Waals surface area contributed by atoms with Gasteiger partial charge in [-0.1, -0.05) is 35.5 Å². The minimum absolute atomic E-state index is 0.00174. The number of hydrogen-bond acceptors (Lipinski definition) is 8. The predicted octanol–water partition coefficient (Wildman–Crippen LogP) is 1.25. The lowest BCUT2D eigenvalue weighted by atomic mass is 10.2. The lowest BCUT2D eigenvalue weighted by Crippen LogP contribution is -2.44. The van der Waals surface area contributed by atoms with Gasteiger partial charge in [-0.05, 0) is 5.56 Å². The lowest BCUT2D eigenvalue weighted by molar-refractivity contribution is -0.142. The fourth-order valence-electron chi connectivity index (χ4n) is 2.62. The number of benzene rings is 1. The predicted molar refractivity (Wildman–Crippen MR) is 101 cm³/mol. The van der Waals surface area contributed by atoms with Crippen LogP contribution in [0, 0.1) is 0 Å². The second-order valence-electron chi connectivity index (χ2n) is 6.17. The Hall–Kier alpha value is -3.63. The third kappa shape index (κ3) is 6.19. The van der Waals surface area contributed by atoms with E-state index in [1.807, 2.05) is 6.07 Å². The Bertz CT molecular complexity index is 829. The quantitative estimate of drug-likeness (QED) is 0.132. The molecule has 1 saturated heterocycles. The zero-order chi connectivity index (χ0) is 22.1. The van der Waals surface area contributed by atoms with E-state index in [9.17, 15) is 18.8 Å². The highest BCUT2D eigenvalue weighted by molar-refractivity contribution is 5.95. The minimum Gasteiger partial charge on any atom is -0.466 e. The van der Waals surface area contributed by atoms with Crippen molar-refractivity contribution in [3.05, 3.63) is 47.7 Å². The Kier molecular flexibility index (Phi) is 8.15. The molecule has 2 atom stereocenters. The third-order valence-corrected chi connectivity index (χ3v) is 4.12. The van der Waals surface area contributed by atoms with Gasteiger partial charge in [-0.15, -0.1) is 0 Å². The van der Waals surface area contributed by atoms with E-state index in [0.29, 0.717) is 6.08 Å². The number of nitrogens with two attached hydrogens (primary N) is 1. The zero-order valence-electron chi connectivity index (χ0n) is 16.4. The smallest absolute Gasteiger partial charge is 0.410 e. The first-order valence-corrected chi connectivity index (χ1v) is 8.85. The van der Waals surface area contributed by atoms with Crippen molar-refractivity contribution in [3.63, 3.8) is 0 Å². The van der Waals surface area contributed by atoms with E-state index in [-0.39, 0.29) is 25.4 Å². The summed E-state index contributed by atoms with van der Waals surface area (Å²) in [4.78, 5) is 41.4. The number of nitrogens with zero attached hydrogens (tertiary/aromatic N) is 2. The zero-order valence-corrected chi connectivity index (χ0v) is 16.4. The van der Waals surface area contributed by atoms with Crippen LogP contribution in [-0.2, 0) is 35.2 Å². The average Bonchev–Trinajstić information content (AvgIpc) is 3.16. The van der Waals surface area contributed by atoms with E-state index >= 15 is 0 Å². The molecule has 2 N–H and O–H groups in total. The van der Waals surface area contributed by atoms with E-state index in [2.05, 4.69) is 14.6 Å². The van der Waals surface area contributed by atoms with Gasteiger partial charge in [-0.25, -0.2) is 18.8 Å². The molecule has 0 bridgehead atoms. The third-order valence-electron chi connectivity index (χ3n) is 4.12. The van der Waals surface area contributed by atoms with Crippen molar-refractivity contribution >= 4 is 23.9 Å².